The monoisotopic (exact) mass is 449 g/mol. The van der Waals surface area contributed by atoms with E-state index in [-0.39, 0.29) is 12.2 Å². The van der Waals surface area contributed by atoms with Crippen molar-refractivity contribution >= 4 is 32.9 Å². The number of hydrogen-bond donors (Lipinski definition) is 0. The van der Waals surface area contributed by atoms with E-state index in [1.165, 1.54) is 40.4 Å². The molecule has 1 unspecified atom stereocenters. The average Bonchev–Trinajstić information content (AvgIpc) is 3.56. The molecule has 1 aliphatic rings. The van der Waals surface area contributed by atoms with Crippen LogP contribution >= 0.6 is 11.3 Å². The van der Waals surface area contributed by atoms with Crippen LogP contribution in [0, 0.1) is 16.0 Å². The predicted octanol–water partition coefficient (Wildman–Crippen LogP) is 4.27. The first-order valence-electron chi connectivity index (χ1n) is 10.5. The molecule has 0 radical (unpaired) electrons. The van der Waals surface area contributed by atoms with Gasteiger partial charge in [0.25, 0.3) is 0 Å². The van der Waals surface area contributed by atoms with E-state index in [0.717, 1.165) is 34.6 Å². The van der Waals surface area contributed by atoms with Gasteiger partial charge in [0.2, 0.25) is 5.82 Å². The molecule has 5 aromatic heterocycles. The Labute approximate surface area is 185 Å². The molecule has 5 heterocycles. The molecule has 0 saturated heterocycles. The third kappa shape index (κ3) is 3.08. The van der Waals surface area contributed by atoms with E-state index < -0.39 is 4.92 Å². The number of nitrogens with zero attached hydrogens (tertiary/aromatic N) is 7. The van der Waals surface area contributed by atoms with Gasteiger partial charge in [-0.2, -0.15) is 5.10 Å². The number of aromatic nitrogens is 6. The molecule has 0 N–H and O–H groups in total. The Kier molecular flexibility index (Phi) is 4.32. The minimum atomic E-state index is -0.474. The molecular weight excluding hydrogens is 430 g/mol. The van der Waals surface area contributed by atoms with Crippen LogP contribution in [0.25, 0.3) is 27.4 Å². The fourth-order valence-electron chi connectivity index (χ4n) is 4.37. The molecule has 0 spiro atoms. The Morgan fingerprint density at radius 2 is 2.28 bits per heavy atom. The van der Waals surface area contributed by atoms with Crippen molar-refractivity contribution in [2.24, 2.45) is 5.92 Å². The van der Waals surface area contributed by atoms with Gasteiger partial charge >= 0.3 is 5.69 Å². The minimum Gasteiger partial charge on any atom is -0.456 e. The van der Waals surface area contributed by atoms with E-state index in [2.05, 4.69) is 22.1 Å². The minimum absolute atomic E-state index is 0.0559. The molecule has 162 valence electrons. The van der Waals surface area contributed by atoms with Crippen LogP contribution in [-0.4, -0.2) is 34.3 Å². The standard InChI is InChI=1S/C21H19N7O3S/c1-2-12-3-5-15-17(7-12)32-21-18(15)20-24-19(25-27(20)11-22-21)16-6-4-14(31-16)10-26-9-13(8-23-26)28(29)30/h4,6,8-9,11-12H,2-3,5,7,10H2,1H3. The van der Waals surface area contributed by atoms with Gasteiger partial charge in [-0.1, -0.05) is 13.3 Å². The van der Waals surface area contributed by atoms with Crippen LogP contribution in [0.3, 0.4) is 0 Å². The molecule has 0 aliphatic heterocycles. The first-order valence-corrected chi connectivity index (χ1v) is 11.3. The Morgan fingerprint density at radius 3 is 3.09 bits per heavy atom. The number of fused-ring (bicyclic) bond motifs is 5. The molecule has 0 amide bonds. The summed E-state index contributed by atoms with van der Waals surface area (Å²) >= 11 is 1.77. The highest BCUT2D eigenvalue weighted by Crippen LogP contribution is 2.39. The van der Waals surface area contributed by atoms with Crippen LogP contribution in [0.4, 0.5) is 5.69 Å². The van der Waals surface area contributed by atoms with Crippen molar-refractivity contribution in [2.45, 2.75) is 39.2 Å². The zero-order valence-electron chi connectivity index (χ0n) is 17.3. The van der Waals surface area contributed by atoms with Crippen molar-refractivity contribution in [3.63, 3.8) is 0 Å². The van der Waals surface area contributed by atoms with Gasteiger partial charge in [0, 0.05) is 4.88 Å². The second-order valence-corrected chi connectivity index (χ2v) is 9.15. The quantitative estimate of drug-likeness (QED) is 0.290. The molecular formula is C21H19N7O3S. The van der Waals surface area contributed by atoms with E-state index in [1.54, 1.807) is 28.2 Å². The number of aryl methyl sites for hydroxylation is 1. The average molecular weight is 449 g/mol. The van der Waals surface area contributed by atoms with Crippen LogP contribution in [0.2, 0.25) is 0 Å². The lowest BCUT2D eigenvalue weighted by atomic mass is 9.86. The molecule has 0 fully saturated rings. The van der Waals surface area contributed by atoms with Gasteiger partial charge in [-0.05, 0) is 42.9 Å². The first-order chi connectivity index (χ1) is 15.6. The highest BCUT2D eigenvalue weighted by Gasteiger charge is 2.25. The Balaban J connectivity index is 1.34. The van der Waals surface area contributed by atoms with Crippen molar-refractivity contribution in [3.05, 3.63) is 57.2 Å². The van der Waals surface area contributed by atoms with E-state index >= 15 is 0 Å². The maximum absolute atomic E-state index is 10.8. The molecule has 0 saturated carbocycles. The number of furan rings is 1. The molecule has 0 bridgehead atoms. The van der Waals surface area contributed by atoms with Crippen LogP contribution < -0.4 is 0 Å². The maximum atomic E-state index is 10.8. The number of thiophene rings is 1. The fraction of sp³-hybridized carbons (Fsp3) is 0.333. The summed E-state index contributed by atoms with van der Waals surface area (Å²) in [5, 5.41) is 20.5. The molecule has 6 rings (SSSR count). The number of rotatable bonds is 5. The van der Waals surface area contributed by atoms with Crippen molar-refractivity contribution in [3.8, 4) is 11.6 Å². The molecule has 10 nitrogen and oxygen atoms in total. The molecule has 1 atom stereocenters. The maximum Gasteiger partial charge on any atom is 0.307 e. The smallest absolute Gasteiger partial charge is 0.307 e. The summed E-state index contributed by atoms with van der Waals surface area (Å²) in [4.78, 5) is 22.2. The van der Waals surface area contributed by atoms with Gasteiger partial charge in [0.05, 0.1) is 16.9 Å². The molecule has 0 aromatic carbocycles. The lowest BCUT2D eigenvalue weighted by molar-refractivity contribution is -0.385. The van der Waals surface area contributed by atoms with E-state index in [9.17, 15) is 10.1 Å². The van der Waals surface area contributed by atoms with Crippen LogP contribution in [0.15, 0.2) is 35.3 Å². The van der Waals surface area contributed by atoms with Gasteiger partial charge in [-0.15, -0.1) is 16.4 Å². The topological polar surface area (TPSA) is 117 Å². The third-order valence-corrected chi connectivity index (χ3v) is 7.26. The molecule has 11 heteroatoms. The van der Waals surface area contributed by atoms with Crippen molar-refractivity contribution in [2.75, 3.05) is 0 Å². The van der Waals surface area contributed by atoms with Crippen LogP contribution in [-0.2, 0) is 19.4 Å². The Morgan fingerprint density at radius 1 is 1.38 bits per heavy atom. The Bertz CT molecular complexity index is 1480. The lowest BCUT2D eigenvalue weighted by Gasteiger charge is -2.20. The van der Waals surface area contributed by atoms with E-state index in [4.69, 9.17) is 9.40 Å². The molecule has 5 aromatic rings. The summed E-state index contributed by atoms with van der Waals surface area (Å²) in [7, 11) is 0. The highest BCUT2D eigenvalue weighted by atomic mass is 32.1. The van der Waals surface area contributed by atoms with E-state index in [1.807, 2.05) is 6.07 Å². The normalized spacial score (nSPS) is 16.1. The van der Waals surface area contributed by atoms with Gasteiger partial charge in [-0.25, -0.2) is 14.5 Å². The number of hydrogen-bond acceptors (Lipinski definition) is 8. The predicted molar refractivity (Wildman–Crippen MR) is 118 cm³/mol. The van der Waals surface area contributed by atoms with Gasteiger partial charge < -0.3 is 4.42 Å². The van der Waals surface area contributed by atoms with Gasteiger partial charge in [-0.3, -0.25) is 14.8 Å². The largest absolute Gasteiger partial charge is 0.456 e. The van der Waals surface area contributed by atoms with Crippen LogP contribution in [0.1, 0.15) is 36.0 Å². The van der Waals surface area contributed by atoms with Crippen LogP contribution in [0.5, 0.6) is 0 Å². The SMILES string of the molecule is CCC1CCc2c(sc3ncn4nc(-c5ccc(Cn6cc([N+](=O)[O-])cn6)o5)nc4c23)C1. The zero-order valence-corrected chi connectivity index (χ0v) is 18.1. The fourth-order valence-corrected chi connectivity index (χ4v) is 5.67. The van der Waals surface area contributed by atoms with Crippen molar-refractivity contribution in [1.82, 2.24) is 29.4 Å². The second kappa shape index (κ2) is 7.23. The summed E-state index contributed by atoms with van der Waals surface area (Å²) in [6.45, 7) is 2.54. The first kappa shape index (κ1) is 19.1. The highest BCUT2D eigenvalue weighted by molar-refractivity contribution is 7.19. The molecule has 32 heavy (non-hydrogen) atoms. The Hall–Kier alpha value is -3.60. The van der Waals surface area contributed by atoms with Crippen molar-refractivity contribution in [1.29, 1.82) is 0 Å². The summed E-state index contributed by atoms with van der Waals surface area (Å²) in [5.41, 5.74) is 2.12. The third-order valence-electron chi connectivity index (χ3n) is 6.10. The van der Waals surface area contributed by atoms with Gasteiger partial charge in [0.15, 0.2) is 11.4 Å². The second-order valence-electron chi connectivity index (χ2n) is 8.07. The lowest BCUT2D eigenvalue weighted by Crippen LogP contribution is -2.11. The summed E-state index contributed by atoms with van der Waals surface area (Å²) in [6, 6.07) is 3.61. The van der Waals surface area contributed by atoms with Gasteiger partial charge in [0.1, 0.15) is 29.3 Å². The summed E-state index contributed by atoms with van der Waals surface area (Å²) < 4.78 is 9.10. The van der Waals surface area contributed by atoms with E-state index in [0.29, 0.717) is 17.3 Å². The molecule has 1 aliphatic carbocycles. The summed E-state index contributed by atoms with van der Waals surface area (Å²) in [6.07, 6.45) is 8.88. The zero-order chi connectivity index (χ0) is 21.8. The number of nitro groups is 1. The summed E-state index contributed by atoms with van der Waals surface area (Å²) in [5.74, 6) is 2.38. The van der Waals surface area contributed by atoms with Crippen molar-refractivity contribution < 1.29 is 9.34 Å².